The number of carboxylic acid groups (broad SMARTS) is 1. The van der Waals surface area contributed by atoms with Crippen LogP contribution in [0.2, 0.25) is 0 Å². The second-order valence-corrected chi connectivity index (χ2v) is 18.3. The van der Waals surface area contributed by atoms with Gasteiger partial charge >= 0.3 is 5.97 Å². The number of ketones is 2. The van der Waals surface area contributed by atoms with E-state index in [1.165, 1.54) is 6.07 Å². The van der Waals surface area contributed by atoms with E-state index in [1.54, 1.807) is 36.4 Å². The number of alkyl halides is 1. The lowest BCUT2D eigenvalue weighted by Gasteiger charge is -2.59. The van der Waals surface area contributed by atoms with E-state index in [-0.39, 0.29) is 54.6 Å². The molecule has 6 N–H and O–H groups in total. The van der Waals surface area contributed by atoms with Gasteiger partial charge in [0.05, 0.1) is 29.0 Å². The highest BCUT2D eigenvalue weighted by Gasteiger charge is 2.76. The molecule has 17 heteroatoms. The highest BCUT2D eigenvalue weighted by atomic mass is 79.9. The normalized spacial score (nSPS) is 32.2. The molecule has 2 aromatic rings. The third kappa shape index (κ3) is 7.85. The fourth-order valence-corrected chi connectivity index (χ4v) is 11.8. The van der Waals surface area contributed by atoms with Gasteiger partial charge in [-0.05, 0) is 79.9 Å². The number of hydrogen-bond acceptors (Lipinski definition) is 11. The van der Waals surface area contributed by atoms with Crippen LogP contribution >= 0.6 is 27.3 Å². The highest BCUT2D eigenvalue weighted by molar-refractivity contribution is 9.09. The molecule has 14 nitrogen and oxygen atoms in total. The SMILES string of the molecule is C[C@]12C=CC(=O)C=C1CC[C@@H]1[C@@H]2[C@@H](O)C[C@@]2(C)[C@H]1C[C@H]1O[C@@H](c3cc(F)c(Cc4ccc(NC(=O)[C@H](CCC(=O)O)NC(=O)CNC(=O)CBr)cc4)s3)O[C@]12C(=O)CO. The van der Waals surface area contributed by atoms with Crippen LogP contribution in [0.1, 0.15) is 74.0 Å². The van der Waals surface area contributed by atoms with Crippen LogP contribution in [0.3, 0.4) is 0 Å². The van der Waals surface area contributed by atoms with Crippen molar-refractivity contribution in [3.63, 3.8) is 0 Å². The second kappa shape index (κ2) is 16.7. The summed E-state index contributed by atoms with van der Waals surface area (Å²) in [6, 6.07) is 6.69. The number of halogens is 2. The lowest BCUT2D eigenvalue weighted by atomic mass is 9.46. The summed E-state index contributed by atoms with van der Waals surface area (Å²) in [5.74, 6) is -4.29. The fourth-order valence-electron chi connectivity index (χ4n) is 10.6. The van der Waals surface area contributed by atoms with Gasteiger partial charge in [0.2, 0.25) is 17.7 Å². The van der Waals surface area contributed by atoms with Crippen molar-refractivity contribution >= 4 is 68.2 Å². The van der Waals surface area contributed by atoms with E-state index in [1.807, 2.05) is 13.0 Å². The van der Waals surface area contributed by atoms with E-state index in [0.717, 1.165) is 23.3 Å². The van der Waals surface area contributed by atoms with Crippen LogP contribution in [0, 0.1) is 34.4 Å². The number of benzene rings is 1. The molecule has 3 amide bonds. The third-order valence-electron chi connectivity index (χ3n) is 13.3. The Hall–Kier alpha value is -4.13. The highest BCUT2D eigenvalue weighted by Crippen LogP contribution is 2.70. The number of anilines is 1. The van der Waals surface area contributed by atoms with E-state index in [4.69, 9.17) is 14.6 Å². The largest absolute Gasteiger partial charge is 0.481 e. The van der Waals surface area contributed by atoms with Crippen LogP contribution < -0.4 is 16.0 Å². The number of carbonyl (C=O) groups excluding carboxylic acids is 5. The molecule has 10 atom stereocenters. The van der Waals surface area contributed by atoms with Crippen LogP contribution in [0.15, 0.2) is 54.1 Å². The number of thiophene rings is 1. The number of Topliss-reactive ketones (excluding diaryl/α,β-unsaturated/α-hetero) is 1. The molecular weight excluding hydrogens is 853 g/mol. The number of rotatable bonds is 14. The lowest BCUT2D eigenvalue weighted by molar-refractivity contribution is -0.200. The predicted octanol–water partition coefficient (Wildman–Crippen LogP) is 3.88. The molecule has 59 heavy (non-hydrogen) atoms. The van der Waals surface area contributed by atoms with Crippen LogP contribution in [0.25, 0.3) is 0 Å². The number of carbonyl (C=O) groups is 6. The number of ether oxygens (including phenoxy) is 2. The Balaban J connectivity index is 1.03. The molecule has 0 bridgehead atoms. The van der Waals surface area contributed by atoms with Crippen molar-refractivity contribution in [2.75, 3.05) is 23.8 Å². The lowest BCUT2D eigenvalue weighted by Crippen LogP contribution is -2.63. The third-order valence-corrected chi connectivity index (χ3v) is 14.9. The van der Waals surface area contributed by atoms with Gasteiger partial charge in [-0.15, -0.1) is 11.3 Å². The molecule has 4 fully saturated rings. The van der Waals surface area contributed by atoms with Gasteiger partial charge in [0.15, 0.2) is 23.5 Å². The fraction of sp³-hybridized carbons (Fsp3) is 0.524. The van der Waals surface area contributed by atoms with Gasteiger partial charge in [-0.25, -0.2) is 4.39 Å². The summed E-state index contributed by atoms with van der Waals surface area (Å²) >= 11 is 4.10. The van der Waals surface area contributed by atoms with Crippen molar-refractivity contribution < 1.29 is 58.0 Å². The van der Waals surface area contributed by atoms with E-state index < -0.39 is 89.4 Å². The van der Waals surface area contributed by atoms with Gasteiger partial charge in [-0.1, -0.05) is 53.6 Å². The first kappa shape index (κ1) is 43.0. The average Bonchev–Trinajstić information content (AvgIpc) is 3.84. The van der Waals surface area contributed by atoms with Crippen molar-refractivity contribution in [3.8, 4) is 0 Å². The van der Waals surface area contributed by atoms with Crippen LogP contribution in [0.5, 0.6) is 0 Å². The zero-order chi connectivity index (χ0) is 42.4. The maximum absolute atomic E-state index is 15.6. The molecule has 0 radical (unpaired) electrons. The summed E-state index contributed by atoms with van der Waals surface area (Å²) < 4.78 is 28.8. The predicted molar refractivity (Wildman–Crippen MR) is 215 cm³/mol. The Morgan fingerprint density at radius 3 is 2.56 bits per heavy atom. The minimum Gasteiger partial charge on any atom is -0.481 e. The number of allylic oxidation sites excluding steroid dienone is 4. The number of nitrogens with one attached hydrogen (secondary N) is 3. The Morgan fingerprint density at radius 1 is 1.12 bits per heavy atom. The summed E-state index contributed by atoms with van der Waals surface area (Å²) in [7, 11) is 0. The second-order valence-electron chi connectivity index (χ2n) is 16.6. The van der Waals surface area contributed by atoms with Crippen molar-refractivity contribution in [3.05, 3.63) is 75.3 Å². The van der Waals surface area contributed by atoms with E-state index in [0.29, 0.717) is 33.8 Å². The monoisotopic (exact) mass is 899 g/mol. The Labute approximate surface area is 352 Å². The molecule has 4 aliphatic carbocycles. The molecule has 3 saturated carbocycles. The standard InChI is InChI=1S/C42H47BrFN3O11S/c1-40-12-11-24(49)14-22(40)5-8-25-26-15-33-42(32(51)20-48,41(26,2)17-29(50)37(25)40)58-39(57-33)31-16-27(44)30(59-31)13-21-3-6-23(7-4-21)46-38(56)28(9-10-36(54)55)47-35(53)19-45-34(52)18-43/h3-4,6-7,11-12,14,16,25-26,28-29,33,37,39,48,50H,5,8-10,13,15,17-20H2,1-2H3,(H,45,52)(H,46,56)(H,47,53)(H,54,55)/t25-,26-,28-,29-,33+,37+,39+,40-,41-,42+/m0/s1. The number of hydrogen-bond donors (Lipinski definition) is 6. The van der Waals surface area contributed by atoms with E-state index in [2.05, 4.69) is 38.8 Å². The zero-order valence-electron chi connectivity index (χ0n) is 32.5. The molecule has 1 aliphatic heterocycles. The number of aliphatic carboxylic acids is 1. The first-order valence-electron chi connectivity index (χ1n) is 19.6. The summed E-state index contributed by atoms with van der Waals surface area (Å²) in [5, 5.41) is 38.8. The number of amides is 3. The minimum absolute atomic E-state index is 0.00221. The number of aliphatic hydroxyl groups is 2. The first-order valence-corrected chi connectivity index (χ1v) is 21.6. The smallest absolute Gasteiger partial charge is 0.303 e. The summed E-state index contributed by atoms with van der Waals surface area (Å²) in [5.41, 5.74) is -0.924. The molecular formula is C42H47BrFN3O11S. The maximum atomic E-state index is 15.6. The van der Waals surface area contributed by atoms with Crippen molar-refractivity contribution in [1.82, 2.24) is 10.6 Å². The topological polar surface area (TPSA) is 218 Å². The Bertz CT molecular complexity index is 2110. The molecule has 316 valence electrons. The number of aliphatic hydroxyl groups excluding tert-OH is 2. The van der Waals surface area contributed by atoms with Gasteiger partial charge in [0.1, 0.15) is 18.5 Å². The van der Waals surface area contributed by atoms with Crippen LogP contribution in [-0.2, 0) is 44.7 Å². The van der Waals surface area contributed by atoms with Gasteiger partial charge in [-0.2, -0.15) is 0 Å². The van der Waals surface area contributed by atoms with Gasteiger partial charge in [0.25, 0.3) is 0 Å². The summed E-state index contributed by atoms with van der Waals surface area (Å²) in [6.45, 7) is 2.82. The first-order chi connectivity index (χ1) is 28.0. The molecule has 1 saturated heterocycles. The van der Waals surface area contributed by atoms with Crippen molar-refractivity contribution in [2.45, 2.75) is 88.9 Å². The molecule has 7 rings (SSSR count). The molecule has 0 unspecified atom stereocenters. The van der Waals surface area contributed by atoms with Crippen molar-refractivity contribution in [2.24, 2.45) is 28.6 Å². The van der Waals surface area contributed by atoms with E-state index >= 15 is 4.39 Å². The average molecular weight is 901 g/mol. The molecule has 1 aromatic heterocycles. The van der Waals surface area contributed by atoms with Gasteiger partial charge < -0.3 is 40.7 Å². The van der Waals surface area contributed by atoms with Gasteiger partial charge in [0, 0.05) is 40.2 Å². The van der Waals surface area contributed by atoms with Crippen LogP contribution in [-0.4, -0.2) is 92.9 Å². The molecule has 1 aromatic carbocycles. The summed E-state index contributed by atoms with van der Waals surface area (Å²) in [6.07, 6.45) is 4.20. The molecule has 5 aliphatic rings. The number of fused-ring (bicyclic) bond motifs is 7. The summed E-state index contributed by atoms with van der Waals surface area (Å²) in [4.78, 5) is 75.0. The zero-order valence-corrected chi connectivity index (χ0v) is 34.9. The maximum Gasteiger partial charge on any atom is 0.303 e. The van der Waals surface area contributed by atoms with E-state index in [9.17, 15) is 39.0 Å². The molecule has 2 heterocycles. The van der Waals surface area contributed by atoms with Crippen LogP contribution in [0.4, 0.5) is 10.1 Å². The minimum atomic E-state index is -1.57. The van der Waals surface area contributed by atoms with Gasteiger partial charge in [-0.3, -0.25) is 28.8 Å². The number of carboxylic acids is 1. The Kier molecular flexibility index (Phi) is 12.2. The van der Waals surface area contributed by atoms with Crippen molar-refractivity contribution in [1.29, 1.82) is 0 Å². The Morgan fingerprint density at radius 2 is 1.86 bits per heavy atom. The molecule has 0 spiro atoms. The quantitative estimate of drug-likeness (QED) is 0.150.